The van der Waals surface area contributed by atoms with Gasteiger partial charge >= 0.3 is 0 Å². The molecule has 1 aliphatic heterocycles. The zero-order valence-corrected chi connectivity index (χ0v) is 12.0. The fourth-order valence-electron chi connectivity index (χ4n) is 3.43. The summed E-state index contributed by atoms with van der Waals surface area (Å²) >= 11 is 0. The molecule has 0 spiro atoms. The first-order valence-corrected chi connectivity index (χ1v) is 7.60. The summed E-state index contributed by atoms with van der Waals surface area (Å²) in [6, 6.07) is 12.9. The van der Waals surface area contributed by atoms with E-state index in [0.29, 0.717) is 0 Å². The lowest BCUT2D eigenvalue weighted by molar-refractivity contribution is 0.664. The molecular formula is C18H17N3. The number of fused-ring (bicyclic) bond motifs is 2. The van der Waals surface area contributed by atoms with E-state index in [-0.39, 0.29) is 0 Å². The lowest BCUT2D eigenvalue weighted by Crippen LogP contribution is -2.19. The first-order valence-electron chi connectivity index (χ1n) is 7.60. The third-order valence-corrected chi connectivity index (χ3v) is 4.54. The van der Waals surface area contributed by atoms with Crippen LogP contribution in [-0.4, -0.2) is 4.98 Å². The van der Waals surface area contributed by atoms with Gasteiger partial charge in [0.2, 0.25) is 0 Å². The molecule has 2 heterocycles. The largest absolute Gasteiger partial charge is 0.347 e. The Morgan fingerprint density at radius 3 is 2.43 bits per heavy atom. The second kappa shape index (κ2) is 4.89. The summed E-state index contributed by atoms with van der Waals surface area (Å²) in [4.78, 5) is 7.09. The van der Waals surface area contributed by atoms with Gasteiger partial charge in [-0.05, 0) is 48.4 Å². The Bertz CT molecular complexity index is 718. The van der Waals surface area contributed by atoms with Crippen LogP contribution in [0.1, 0.15) is 40.8 Å². The number of aromatic nitrogens is 1. The van der Waals surface area contributed by atoms with E-state index in [4.69, 9.17) is 4.98 Å². The number of pyridine rings is 1. The van der Waals surface area contributed by atoms with Crippen molar-refractivity contribution >= 4 is 5.82 Å². The summed E-state index contributed by atoms with van der Waals surface area (Å²) in [5.41, 5.74) is 5.90. The van der Waals surface area contributed by atoms with Gasteiger partial charge < -0.3 is 4.90 Å². The molecule has 0 N–H and O–H groups in total. The Kier molecular flexibility index (Phi) is 2.89. The molecule has 0 atom stereocenters. The average Bonchev–Trinajstić information content (AvgIpc) is 2.97. The van der Waals surface area contributed by atoms with E-state index in [9.17, 15) is 5.26 Å². The predicted octanol–water partition coefficient (Wildman–Crippen LogP) is 3.35. The van der Waals surface area contributed by atoms with Crippen molar-refractivity contribution in [2.24, 2.45) is 0 Å². The molecule has 1 aliphatic carbocycles. The van der Waals surface area contributed by atoms with Gasteiger partial charge in [-0.2, -0.15) is 5.26 Å². The monoisotopic (exact) mass is 275 g/mol. The summed E-state index contributed by atoms with van der Waals surface area (Å²) in [7, 11) is 0. The minimum atomic E-state index is 0.725. The second-order valence-corrected chi connectivity index (χ2v) is 5.91. The summed E-state index contributed by atoms with van der Waals surface area (Å²) in [6.07, 6.45) is 4.55. The number of hydrogen-bond acceptors (Lipinski definition) is 3. The second-order valence-electron chi connectivity index (χ2n) is 5.91. The molecular weight excluding hydrogens is 258 g/mol. The molecule has 0 radical (unpaired) electrons. The molecule has 2 aromatic rings. The van der Waals surface area contributed by atoms with Crippen LogP contribution in [0, 0.1) is 11.3 Å². The van der Waals surface area contributed by atoms with Crippen molar-refractivity contribution in [3.63, 3.8) is 0 Å². The Labute approximate surface area is 124 Å². The van der Waals surface area contributed by atoms with Gasteiger partial charge in [-0.3, -0.25) is 0 Å². The highest BCUT2D eigenvalue weighted by atomic mass is 15.2. The molecule has 0 bridgehead atoms. The van der Waals surface area contributed by atoms with Gasteiger partial charge in [-0.15, -0.1) is 0 Å². The molecule has 0 fully saturated rings. The zero-order valence-electron chi connectivity index (χ0n) is 12.0. The van der Waals surface area contributed by atoms with Crippen LogP contribution in [-0.2, 0) is 25.9 Å². The fraction of sp³-hybridized carbons (Fsp3) is 0.333. The van der Waals surface area contributed by atoms with E-state index < -0.39 is 0 Å². The van der Waals surface area contributed by atoms with Crippen LogP contribution in [0.25, 0.3) is 0 Å². The Morgan fingerprint density at radius 1 is 1.00 bits per heavy atom. The standard InChI is InChI=1S/C18H17N3/c19-10-16-9-13-5-3-4-8-17(13)20-18(16)21-11-14-6-1-2-7-15(14)12-21/h1-2,6-7,9H,3-5,8,11-12H2. The molecule has 0 saturated heterocycles. The predicted molar refractivity (Wildman–Crippen MR) is 81.9 cm³/mol. The van der Waals surface area contributed by atoms with Crippen LogP contribution < -0.4 is 4.90 Å². The highest BCUT2D eigenvalue weighted by molar-refractivity contribution is 5.59. The van der Waals surface area contributed by atoms with Crippen molar-refractivity contribution < 1.29 is 0 Å². The van der Waals surface area contributed by atoms with Gasteiger partial charge in [-0.1, -0.05) is 24.3 Å². The van der Waals surface area contributed by atoms with E-state index in [1.54, 1.807) is 0 Å². The molecule has 0 amide bonds. The number of hydrogen-bond donors (Lipinski definition) is 0. The highest BCUT2D eigenvalue weighted by Gasteiger charge is 2.24. The molecule has 1 aromatic heterocycles. The summed E-state index contributed by atoms with van der Waals surface area (Å²) < 4.78 is 0. The number of aryl methyl sites for hydroxylation is 2. The van der Waals surface area contributed by atoms with Crippen LogP contribution in [0.15, 0.2) is 30.3 Å². The van der Waals surface area contributed by atoms with Gasteiger partial charge in [0.1, 0.15) is 11.9 Å². The lowest BCUT2D eigenvalue weighted by Gasteiger charge is -2.22. The summed E-state index contributed by atoms with van der Waals surface area (Å²) in [5, 5.41) is 9.48. The van der Waals surface area contributed by atoms with E-state index in [1.807, 2.05) is 0 Å². The van der Waals surface area contributed by atoms with Crippen molar-refractivity contribution in [2.45, 2.75) is 38.8 Å². The number of nitriles is 1. The van der Waals surface area contributed by atoms with Crippen LogP contribution in [0.2, 0.25) is 0 Å². The zero-order chi connectivity index (χ0) is 14.2. The third kappa shape index (κ3) is 2.08. The number of nitrogens with zero attached hydrogens (tertiary/aromatic N) is 3. The minimum absolute atomic E-state index is 0.725. The average molecular weight is 275 g/mol. The molecule has 1 aromatic carbocycles. The van der Waals surface area contributed by atoms with Gasteiger partial charge in [0.15, 0.2) is 0 Å². The van der Waals surface area contributed by atoms with E-state index in [1.165, 1.54) is 35.2 Å². The molecule has 2 aliphatic rings. The SMILES string of the molecule is N#Cc1cc2c(nc1N1Cc3ccccc3C1)CCCC2. The molecule has 0 unspecified atom stereocenters. The van der Waals surface area contributed by atoms with Crippen molar-refractivity contribution in [3.8, 4) is 6.07 Å². The molecule has 4 rings (SSSR count). The van der Waals surface area contributed by atoms with Crippen LogP contribution in [0.3, 0.4) is 0 Å². The smallest absolute Gasteiger partial charge is 0.147 e. The third-order valence-electron chi connectivity index (χ3n) is 4.54. The number of rotatable bonds is 1. The summed E-state index contributed by atoms with van der Waals surface area (Å²) in [6.45, 7) is 1.72. The van der Waals surface area contributed by atoms with E-state index >= 15 is 0 Å². The van der Waals surface area contributed by atoms with E-state index in [2.05, 4.69) is 41.3 Å². The van der Waals surface area contributed by atoms with Gasteiger partial charge in [0, 0.05) is 18.8 Å². The fourth-order valence-corrected chi connectivity index (χ4v) is 3.43. The minimum Gasteiger partial charge on any atom is -0.347 e. The van der Waals surface area contributed by atoms with Crippen molar-refractivity contribution in [3.05, 3.63) is 58.3 Å². The molecule has 104 valence electrons. The van der Waals surface area contributed by atoms with Gasteiger partial charge in [-0.25, -0.2) is 4.98 Å². The molecule has 0 saturated carbocycles. The maximum atomic E-state index is 9.48. The number of benzene rings is 1. The van der Waals surface area contributed by atoms with Crippen LogP contribution in [0.4, 0.5) is 5.82 Å². The quantitative estimate of drug-likeness (QED) is 0.801. The Morgan fingerprint density at radius 2 is 1.71 bits per heavy atom. The molecule has 21 heavy (non-hydrogen) atoms. The first kappa shape index (κ1) is 12.4. The first-order chi connectivity index (χ1) is 10.3. The molecule has 3 heteroatoms. The van der Waals surface area contributed by atoms with Crippen LogP contribution in [0.5, 0.6) is 0 Å². The van der Waals surface area contributed by atoms with Gasteiger partial charge in [0.25, 0.3) is 0 Å². The topological polar surface area (TPSA) is 39.9 Å². The van der Waals surface area contributed by atoms with Crippen molar-refractivity contribution in [1.82, 2.24) is 4.98 Å². The lowest BCUT2D eigenvalue weighted by atomic mass is 9.95. The Balaban J connectivity index is 1.74. The van der Waals surface area contributed by atoms with Crippen LogP contribution >= 0.6 is 0 Å². The maximum Gasteiger partial charge on any atom is 0.147 e. The van der Waals surface area contributed by atoms with Crippen molar-refractivity contribution in [1.29, 1.82) is 5.26 Å². The molecule has 3 nitrogen and oxygen atoms in total. The number of anilines is 1. The maximum absolute atomic E-state index is 9.48. The Hall–Kier alpha value is -2.34. The van der Waals surface area contributed by atoms with Crippen molar-refractivity contribution in [2.75, 3.05) is 4.90 Å². The van der Waals surface area contributed by atoms with E-state index in [0.717, 1.165) is 37.3 Å². The highest BCUT2D eigenvalue weighted by Crippen LogP contribution is 2.31. The normalized spacial score (nSPS) is 16.2. The summed E-state index contributed by atoms with van der Waals surface area (Å²) in [5.74, 6) is 0.870. The van der Waals surface area contributed by atoms with Gasteiger partial charge in [0.05, 0.1) is 5.56 Å².